The summed E-state index contributed by atoms with van der Waals surface area (Å²) in [5.41, 5.74) is 1.08. The second-order valence-electron chi connectivity index (χ2n) is 5.94. The average molecular weight is 363 g/mol. The highest BCUT2D eigenvalue weighted by Gasteiger charge is 2.26. The molecule has 27 heavy (non-hydrogen) atoms. The van der Waals surface area contributed by atoms with Crippen LogP contribution in [0.4, 0.5) is 15.8 Å². The van der Waals surface area contributed by atoms with Gasteiger partial charge < -0.3 is 15.0 Å². The van der Waals surface area contributed by atoms with Crippen LogP contribution in [-0.2, 0) is 0 Å². The van der Waals surface area contributed by atoms with Crippen LogP contribution in [0.1, 0.15) is 20.7 Å². The first-order chi connectivity index (χ1) is 13.0. The van der Waals surface area contributed by atoms with Gasteiger partial charge in [0.25, 0.3) is 11.8 Å². The van der Waals surface area contributed by atoms with Crippen molar-refractivity contribution < 1.29 is 18.7 Å². The van der Waals surface area contributed by atoms with Crippen LogP contribution in [-0.4, -0.2) is 23.8 Å². The molecule has 2 heterocycles. The summed E-state index contributed by atoms with van der Waals surface area (Å²) in [7, 11) is 1.62. The predicted molar refractivity (Wildman–Crippen MR) is 97.8 cm³/mol. The molecule has 6 nitrogen and oxygen atoms in total. The maximum atomic E-state index is 13.8. The van der Waals surface area contributed by atoms with Gasteiger partial charge in [-0.05, 0) is 42.5 Å². The third-order valence-electron chi connectivity index (χ3n) is 4.21. The van der Waals surface area contributed by atoms with Crippen molar-refractivity contribution >= 4 is 23.2 Å². The molecule has 7 heteroatoms. The minimum atomic E-state index is -0.620. The van der Waals surface area contributed by atoms with Crippen LogP contribution in [0.25, 0.3) is 0 Å². The van der Waals surface area contributed by atoms with Gasteiger partial charge in [-0.1, -0.05) is 12.1 Å². The zero-order valence-corrected chi connectivity index (χ0v) is 14.3. The Labute approximate surface area is 154 Å². The molecule has 1 aliphatic rings. The van der Waals surface area contributed by atoms with Gasteiger partial charge >= 0.3 is 0 Å². The Hall–Kier alpha value is -3.74. The maximum absolute atomic E-state index is 13.8. The summed E-state index contributed by atoms with van der Waals surface area (Å²) in [5, 5.41) is 2.61. The number of hydrogen-bond donors (Lipinski definition) is 1. The molecule has 0 spiro atoms. The van der Waals surface area contributed by atoms with Gasteiger partial charge in [0.1, 0.15) is 17.3 Å². The summed E-state index contributed by atoms with van der Waals surface area (Å²) in [6, 6.07) is 13.8. The van der Waals surface area contributed by atoms with Gasteiger partial charge in [0.05, 0.1) is 11.1 Å². The van der Waals surface area contributed by atoms with Gasteiger partial charge in [-0.15, -0.1) is 0 Å². The SMILES string of the molecule is CN1C(=O)c2cc(NC(=O)c3ccccc3F)ccc2Oc2ncccc21. The van der Waals surface area contributed by atoms with Crippen molar-refractivity contribution in [1.82, 2.24) is 4.98 Å². The van der Waals surface area contributed by atoms with Gasteiger partial charge in [0.2, 0.25) is 5.88 Å². The summed E-state index contributed by atoms with van der Waals surface area (Å²) >= 11 is 0. The number of halogens is 1. The molecule has 1 N–H and O–H groups in total. The first kappa shape index (κ1) is 16.7. The number of aromatic nitrogens is 1. The van der Waals surface area contributed by atoms with E-state index in [1.54, 1.807) is 43.6 Å². The van der Waals surface area contributed by atoms with E-state index in [0.29, 0.717) is 23.0 Å². The summed E-state index contributed by atoms with van der Waals surface area (Å²) in [4.78, 5) is 30.7. The number of nitrogens with zero attached hydrogens (tertiary/aromatic N) is 2. The number of nitrogens with one attached hydrogen (secondary N) is 1. The summed E-state index contributed by atoms with van der Waals surface area (Å²) in [5.74, 6) is -0.888. The molecule has 1 aliphatic heterocycles. The third kappa shape index (κ3) is 2.99. The fourth-order valence-electron chi connectivity index (χ4n) is 2.82. The number of benzene rings is 2. The van der Waals surface area contributed by atoms with Crippen LogP contribution in [0.2, 0.25) is 0 Å². The van der Waals surface area contributed by atoms with E-state index in [0.717, 1.165) is 0 Å². The largest absolute Gasteiger partial charge is 0.436 e. The molecule has 4 rings (SSSR count). The van der Waals surface area contributed by atoms with Gasteiger partial charge in [-0.25, -0.2) is 9.37 Å². The molecule has 0 atom stereocenters. The quantitative estimate of drug-likeness (QED) is 0.751. The number of anilines is 2. The number of rotatable bonds is 2. The van der Waals surface area contributed by atoms with Gasteiger partial charge in [0.15, 0.2) is 0 Å². The van der Waals surface area contributed by atoms with Crippen LogP contribution in [0.3, 0.4) is 0 Å². The molecule has 0 saturated carbocycles. The van der Waals surface area contributed by atoms with E-state index in [9.17, 15) is 14.0 Å². The van der Waals surface area contributed by atoms with Crippen LogP contribution in [0, 0.1) is 5.82 Å². The number of fused-ring (bicyclic) bond motifs is 2. The molecule has 2 aromatic carbocycles. The number of carbonyl (C=O) groups excluding carboxylic acids is 2. The molecule has 1 aromatic heterocycles. The van der Waals surface area contributed by atoms with Crippen molar-refractivity contribution in [2.24, 2.45) is 0 Å². The number of pyridine rings is 1. The summed E-state index contributed by atoms with van der Waals surface area (Å²) in [6.07, 6.45) is 1.57. The summed E-state index contributed by atoms with van der Waals surface area (Å²) in [6.45, 7) is 0. The normalized spacial score (nSPS) is 12.5. The Balaban J connectivity index is 1.67. The minimum absolute atomic E-state index is 0.0799. The molecule has 0 unspecified atom stereocenters. The van der Waals surface area contributed by atoms with E-state index < -0.39 is 11.7 Å². The molecule has 0 bridgehead atoms. The second kappa shape index (κ2) is 6.53. The van der Waals surface area contributed by atoms with Crippen molar-refractivity contribution in [2.45, 2.75) is 0 Å². The zero-order chi connectivity index (χ0) is 19.0. The third-order valence-corrected chi connectivity index (χ3v) is 4.21. The van der Waals surface area contributed by atoms with E-state index in [4.69, 9.17) is 4.74 Å². The lowest BCUT2D eigenvalue weighted by atomic mass is 10.1. The van der Waals surface area contributed by atoms with E-state index in [-0.39, 0.29) is 17.0 Å². The number of amides is 2. The standard InChI is InChI=1S/C20H14FN3O3/c1-24-16-7-4-10-22-19(16)27-17-9-8-12(11-14(17)20(24)26)23-18(25)13-5-2-3-6-15(13)21/h2-11H,1H3,(H,23,25). The summed E-state index contributed by atoms with van der Waals surface area (Å²) < 4.78 is 19.5. The second-order valence-corrected chi connectivity index (χ2v) is 5.94. The molecule has 134 valence electrons. The Kier molecular flexibility index (Phi) is 4.04. The molecule has 3 aromatic rings. The molecule has 2 amide bonds. The van der Waals surface area contributed by atoms with E-state index in [1.807, 2.05) is 0 Å². The fraction of sp³-hybridized carbons (Fsp3) is 0.0500. The lowest BCUT2D eigenvalue weighted by Crippen LogP contribution is -2.25. The van der Waals surface area contributed by atoms with E-state index in [1.165, 1.54) is 29.2 Å². The number of ether oxygens (including phenoxy) is 1. The average Bonchev–Trinajstić information content (AvgIpc) is 2.78. The Morgan fingerprint density at radius 2 is 1.96 bits per heavy atom. The van der Waals surface area contributed by atoms with Crippen molar-refractivity contribution in [3.8, 4) is 11.6 Å². The van der Waals surface area contributed by atoms with Gasteiger partial charge in [-0.3, -0.25) is 9.59 Å². The van der Waals surface area contributed by atoms with Crippen molar-refractivity contribution in [3.63, 3.8) is 0 Å². The number of carbonyl (C=O) groups is 2. The van der Waals surface area contributed by atoms with Crippen LogP contribution < -0.4 is 15.0 Å². The Bertz CT molecular complexity index is 1070. The molecular formula is C20H14FN3O3. The molecule has 0 aliphatic carbocycles. The lowest BCUT2D eigenvalue weighted by Gasteiger charge is -2.15. The first-order valence-corrected chi connectivity index (χ1v) is 8.15. The minimum Gasteiger partial charge on any atom is -0.436 e. The van der Waals surface area contributed by atoms with Crippen molar-refractivity contribution in [1.29, 1.82) is 0 Å². The molecule has 0 radical (unpaired) electrons. The highest BCUT2D eigenvalue weighted by Crippen LogP contribution is 2.37. The molecule has 0 saturated heterocycles. The van der Waals surface area contributed by atoms with Gasteiger partial charge in [0, 0.05) is 18.9 Å². The van der Waals surface area contributed by atoms with Gasteiger partial charge in [-0.2, -0.15) is 0 Å². The van der Waals surface area contributed by atoms with Crippen molar-refractivity contribution in [2.75, 3.05) is 17.3 Å². The zero-order valence-electron chi connectivity index (χ0n) is 14.3. The topological polar surface area (TPSA) is 71.5 Å². The predicted octanol–water partition coefficient (Wildman–Crippen LogP) is 3.86. The number of hydrogen-bond acceptors (Lipinski definition) is 4. The van der Waals surface area contributed by atoms with Crippen LogP contribution in [0.5, 0.6) is 11.6 Å². The highest BCUT2D eigenvalue weighted by molar-refractivity contribution is 6.10. The Morgan fingerprint density at radius 1 is 1.15 bits per heavy atom. The molecular weight excluding hydrogens is 349 g/mol. The maximum Gasteiger partial charge on any atom is 0.262 e. The molecule has 0 fully saturated rings. The highest BCUT2D eigenvalue weighted by atomic mass is 19.1. The lowest BCUT2D eigenvalue weighted by molar-refractivity contribution is 0.0989. The monoisotopic (exact) mass is 363 g/mol. The smallest absolute Gasteiger partial charge is 0.262 e. The van der Waals surface area contributed by atoms with E-state index in [2.05, 4.69) is 10.3 Å². The van der Waals surface area contributed by atoms with Crippen LogP contribution >= 0.6 is 0 Å². The van der Waals surface area contributed by atoms with Crippen molar-refractivity contribution in [3.05, 3.63) is 77.7 Å². The Morgan fingerprint density at radius 3 is 2.78 bits per heavy atom. The van der Waals surface area contributed by atoms with E-state index >= 15 is 0 Å². The first-order valence-electron chi connectivity index (χ1n) is 8.15. The fourth-order valence-corrected chi connectivity index (χ4v) is 2.82. The van der Waals surface area contributed by atoms with Crippen LogP contribution in [0.15, 0.2) is 60.8 Å².